The van der Waals surface area contributed by atoms with Crippen molar-refractivity contribution < 1.29 is 24.2 Å². The normalized spacial score (nSPS) is 25.1. The number of fused-ring (bicyclic) bond motifs is 2. The van der Waals surface area contributed by atoms with Gasteiger partial charge in [-0.05, 0) is 121 Å². The molecule has 10 heteroatoms. The molecule has 0 unspecified atom stereocenters. The first-order valence-corrected chi connectivity index (χ1v) is 19.8. The van der Waals surface area contributed by atoms with Crippen molar-refractivity contribution in [1.29, 1.82) is 0 Å². The second-order valence-electron chi connectivity index (χ2n) is 16.3. The Hall–Kier alpha value is -4.41. The zero-order valence-electron chi connectivity index (χ0n) is 30.6. The van der Waals surface area contributed by atoms with Crippen LogP contribution in [0.3, 0.4) is 0 Å². The first-order chi connectivity index (χ1) is 25.8. The van der Waals surface area contributed by atoms with Crippen molar-refractivity contribution in [2.24, 2.45) is 11.3 Å². The number of carbonyl (C=O) groups is 3. The Bertz CT molecular complexity index is 1870. The van der Waals surface area contributed by atoms with Gasteiger partial charge in [-0.3, -0.25) is 24.6 Å². The molecule has 278 valence electrons. The SMILES string of the molecule is O=C1CC[C@H](N2Cc3cc(N4CCN(CC5CCN(c6ccc([C@@H]7c8ccc(O)cc8CCC78CCOCC8)cc6)CC5)CC4)ccc3C2=O)C(=O)N1. The van der Waals surface area contributed by atoms with Crippen LogP contribution in [0.25, 0.3) is 0 Å². The second kappa shape index (κ2) is 14.1. The number of piperidine rings is 2. The van der Waals surface area contributed by atoms with Gasteiger partial charge in [-0.25, -0.2) is 0 Å². The first kappa shape index (κ1) is 34.4. The molecule has 3 aromatic rings. The number of benzene rings is 3. The van der Waals surface area contributed by atoms with Crippen molar-refractivity contribution in [3.63, 3.8) is 0 Å². The summed E-state index contributed by atoms with van der Waals surface area (Å²) in [4.78, 5) is 46.5. The lowest BCUT2D eigenvalue weighted by atomic mass is 9.58. The number of aryl methyl sites for hydroxylation is 1. The molecule has 0 saturated carbocycles. The van der Waals surface area contributed by atoms with Gasteiger partial charge in [-0.1, -0.05) is 18.2 Å². The molecule has 3 aromatic carbocycles. The van der Waals surface area contributed by atoms with Crippen LogP contribution in [-0.2, 0) is 27.3 Å². The fraction of sp³-hybridized carbons (Fsp3) is 0.512. The minimum atomic E-state index is -0.584. The van der Waals surface area contributed by atoms with Gasteiger partial charge in [0.2, 0.25) is 11.8 Å². The molecule has 4 fully saturated rings. The Balaban J connectivity index is 0.776. The lowest BCUT2D eigenvalue weighted by Gasteiger charge is -2.48. The van der Waals surface area contributed by atoms with Gasteiger partial charge in [-0.2, -0.15) is 0 Å². The quantitative estimate of drug-likeness (QED) is 0.341. The van der Waals surface area contributed by atoms with Crippen molar-refractivity contribution >= 4 is 29.1 Å². The smallest absolute Gasteiger partial charge is 0.255 e. The fourth-order valence-corrected chi connectivity index (χ4v) is 10.4. The van der Waals surface area contributed by atoms with Crippen LogP contribution in [0.5, 0.6) is 5.75 Å². The standard InChI is InChI=1S/C43H51N5O5/c49-35-6-8-36-31(26-35)11-14-43(15-23-53-24-16-43)40(36)30-1-3-33(4-2-30)46-17-12-29(13-18-46)27-45-19-21-47(22-20-45)34-5-7-37-32(25-34)28-48(42(37)52)38-9-10-39(50)44-41(38)51/h1-8,25-26,29,38,40,49H,9-24,27-28H2,(H,44,50,51)/t38-,40+/m0/s1. The molecule has 5 aliphatic heterocycles. The van der Waals surface area contributed by atoms with E-state index in [1.165, 1.54) is 35.2 Å². The first-order valence-electron chi connectivity index (χ1n) is 19.8. The van der Waals surface area contributed by atoms with Crippen molar-refractivity contribution in [2.75, 3.05) is 68.8 Å². The molecule has 4 saturated heterocycles. The number of nitrogens with one attached hydrogen (secondary N) is 1. The van der Waals surface area contributed by atoms with Crippen LogP contribution < -0.4 is 15.1 Å². The van der Waals surface area contributed by atoms with Crippen LogP contribution in [0, 0.1) is 11.3 Å². The van der Waals surface area contributed by atoms with Crippen LogP contribution in [0.15, 0.2) is 60.7 Å². The maximum absolute atomic E-state index is 13.1. The molecule has 2 atom stereocenters. The zero-order chi connectivity index (χ0) is 36.1. The summed E-state index contributed by atoms with van der Waals surface area (Å²) in [5, 5.41) is 12.6. The molecule has 10 nitrogen and oxygen atoms in total. The molecular weight excluding hydrogens is 667 g/mol. The number of ether oxygens (including phenoxy) is 1. The zero-order valence-corrected chi connectivity index (χ0v) is 30.6. The van der Waals surface area contributed by atoms with Crippen LogP contribution in [0.2, 0.25) is 0 Å². The Morgan fingerprint density at radius 3 is 2.25 bits per heavy atom. The lowest BCUT2D eigenvalue weighted by molar-refractivity contribution is -0.136. The maximum atomic E-state index is 13.1. The minimum Gasteiger partial charge on any atom is -0.508 e. The molecule has 5 heterocycles. The molecule has 1 aliphatic carbocycles. The van der Waals surface area contributed by atoms with E-state index in [1.807, 2.05) is 24.3 Å². The molecule has 53 heavy (non-hydrogen) atoms. The molecule has 0 radical (unpaired) electrons. The van der Waals surface area contributed by atoms with Gasteiger partial charge in [0.15, 0.2) is 0 Å². The van der Waals surface area contributed by atoms with Crippen molar-refractivity contribution in [3.8, 4) is 5.75 Å². The number of carbonyl (C=O) groups excluding carboxylic acids is 3. The number of phenols is 1. The number of nitrogens with zero attached hydrogens (tertiary/aromatic N) is 4. The van der Waals surface area contributed by atoms with Crippen LogP contribution in [0.1, 0.15) is 83.5 Å². The van der Waals surface area contributed by atoms with E-state index in [4.69, 9.17) is 4.74 Å². The van der Waals surface area contributed by atoms with E-state index in [-0.39, 0.29) is 29.6 Å². The number of phenolic OH excluding ortho intramolecular Hbond substituents is 1. The molecule has 3 amide bonds. The summed E-state index contributed by atoms with van der Waals surface area (Å²) in [6.07, 6.45) is 7.39. The Morgan fingerprint density at radius 1 is 0.755 bits per heavy atom. The van der Waals surface area contributed by atoms with E-state index in [9.17, 15) is 19.5 Å². The highest BCUT2D eigenvalue weighted by molar-refractivity contribution is 6.05. The van der Waals surface area contributed by atoms with Crippen LogP contribution >= 0.6 is 0 Å². The molecular formula is C43H51N5O5. The van der Waals surface area contributed by atoms with E-state index in [0.29, 0.717) is 36.1 Å². The highest BCUT2D eigenvalue weighted by atomic mass is 16.5. The van der Waals surface area contributed by atoms with E-state index in [1.54, 1.807) is 4.90 Å². The van der Waals surface area contributed by atoms with E-state index >= 15 is 0 Å². The van der Waals surface area contributed by atoms with Gasteiger partial charge in [0, 0.05) is 94.8 Å². The number of anilines is 2. The predicted molar refractivity (Wildman–Crippen MR) is 203 cm³/mol. The number of hydrogen-bond acceptors (Lipinski definition) is 8. The summed E-state index contributed by atoms with van der Waals surface area (Å²) >= 11 is 0. The second-order valence-corrected chi connectivity index (χ2v) is 16.3. The largest absolute Gasteiger partial charge is 0.508 e. The summed E-state index contributed by atoms with van der Waals surface area (Å²) in [5.41, 5.74) is 8.36. The summed E-state index contributed by atoms with van der Waals surface area (Å²) < 4.78 is 5.83. The van der Waals surface area contributed by atoms with Crippen molar-refractivity contribution in [1.82, 2.24) is 15.1 Å². The topological polar surface area (TPSA) is 106 Å². The van der Waals surface area contributed by atoms with E-state index in [0.717, 1.165) is 96.0 Å². The number of amides is 3. The average molecular weight is 718 g/mol. The summed E-state index contributed by atoms with van der Waals surface area (Å²) in [6.45, 7) is 9.34. The highest BCUT2D eigenvalue weighted by Crippen LogP contribution is 2.55. The van der Waals surface area contributed by atoms with Crippen LogP contribution in [0.4, 0.5) is 11.4 Å². The van der Waals surface area contributed by atoms with Gasteiger partial charge in [0.1, 0.15) is 11.8 Å². The van der Waals surface area contributed by atoms with Crippen LogP contribution in [-0.4, -0.2) is 97.7 Å². The van der Waals surface area contributed by atoms with E-state index < -0.39 is 6.04 Å². The van der Waals surface area contributed by atoms with E-state index in [2.05, 4.69) is 56.4 Å². The van der Waals surface area contributed by atoms with Gasteiger partial charge < -0.3 is 24.5 Å². The third-order valence-electron chi connectivity index (χ3n) is 13.4. The summed E-state index contributed by atoms with van der Waals surface area (Å²) in [6, 6.07) is 20.9. The molecule has 2 N–H and O–H groups in total. The minimum absolute atomic E-state index is 0.120. The average Bonchev–Trinajstić information content (AvgIpc) is 3.51. The number of hydrogen-bond donors (Lipinski definition) is 2. The molecule has 6 aliphatic rings. The third-order valence-corrected chi connectivity index (χ3v) is 13.4. The number of aromatic hydroxyl groups is 1. The van der Waals surface area contributed by atoms with Gasteiger partial charge in [0.25, 0.3) is 5.91 Å². The monoisotopic (exact) mass is 717 g/mol. The Kier molecular flexibility index (Phi) is 9.14. The number of imide groups is 1. The van der Waals surface area contributed by atoms with Gasteiger partial charge in [-0.15, -0.1) is 0 Å². The molecule has 1 spiro atoms. The molecule has 9 rings (SSSR count). The summed E-state index contributed by atoms with van der Waals surface area (Å²) in [7, 11) is 0. The summed E-state index contributed by atoms with van der Waals surface area (Å²) in [5.74, 6) is 0.641. The molecule has 0 aromatic heterocycles. The van der Waals surface area contributed by atoms with Crippen molar-refractivity contribution in [2.45, 2.75) is 69.9 Å². The van der Waals surface area contributed by atoms with Crippen molar-refractivity contribution in [3.05, 3.63) is 88.5 Å². The lowest BCUT2D eigenvalue weighted by Crippen LogP contribution is -2.52. The number of rotatable bonds is 6. The fourth-order valence-electron chi connectivity index (χ4n) is 10.4. The Morgan fingerprint density at radius 2 is 1.49 bits per heavy atom. The highest BCUT2D eigenvalue weighted by Gasteiger charge is 2.45. The van der Waals surface area contributed by atoms with Gasteiger partial charge in [0.05, 0.1) is 0 Å². The number of piperazine rings is 1. The van der Waals surface area contributed by atoms with Gasteiger partial charge >= 0.3 is 0 Å². The Labute approximate surface area is 312 Å². The maximum Gasteiger partial charge on any atom is 0.255 e. The third kappa shape index (κ3) is 6.58. The molecule has 0 bridgehead atoms. The predicted octanol–water partition coefficient (Wildman–Crippen LogP) is 5.07.